The molecular formula is C35H26O. The van der Waals surface area contributed by atoms with E-state index in [2.05, 4.69) is 116 Å². The van der Waals surface area contributed by atoms with Crippen LogP contribution in [0.15, 0.2) is 109 Å². The molecule has 0 saturated heterocycles. The van der Waals surface area contributed by atoms with Crippen molar-refractivity contribution >= 4 is 0 Å². The van der Waals surface area contributed by atoms with Crippen molar-refractivity contribution in [1.82, 2.24) is 0 Å². The van der Waals surface area contributed by atoms with Crippen molar-refractivity contribution in [3.05, 3.63) is 154 Å². The minimum Gasteiger partial charge on any atom is -0.456 e. The Bertz CT molecular complexity index is 1650. The Balaban J connectivity index is 1.50. The van der Waals surface area contributed by atoms with Crippen LogP contribution in [-0.2, 0) is 11.8 Å². The number of aryl methyl sites for hydroxylation is 2. The first kappa shape index (κ1) is 20.1. The smallest absolute Gasteiger partial charge is 0.136 e. The number of para-hydroxylation sites is 1. The Morgan fingerprint density at radius 2 is 1.28 bits per heavy atom. The average molecular weight is 463 g/mol. The molecule has 1 unspecified atom stereocenters. The van der Waals surface area contributed by atoms with Crippen LogP contribution in [0.5, 0.6) is 11.5 Å². The van der Waals surface area contributed by atoms with E-state index in [0.29, 0.717) is 5.92 Å². The summed E-state index contributed by atoms with van der Waals surface area (Å²) >= 11 is 0. The molecule has 1 atom stereocenters. The Labute approximate surface area is 212 Å². The molecule has 1 heteroatoms. The second-order valence-corrected chi connectivity index (χ2v) is 10.5. The lowest BCUT2D eigenvalue weighted by Gasteiger charge is -2.40. The summed E-state index contributed by atoms with van der Waals surface area (Å²) in [6, 6.07) is 40.3. The van der Waals surface area contributed by atoms with Crippen LogP contribution in [0.1, 0.15) is 56.8 Å². The lowest BCUT2D eigenvalue weighted by atomic mass is 9.65. The number of fused-ring (bicyclic) bond motifs is 10. The lowest BCUT2D eigenvalue weighted by molar-refractivity contribution is 0.428. The normalized spacial score (nSPS) is 17.5. The largest absolute Gasteiger partial charge is 0.456 e. The van der Waals surface area contributed by atoms with E-state index in [1.165, 1.54) is 55.6 Å². The van der Waals surface area contributed by atoms with E-state index in [4.69, 9.17) is 4.74 Å². The molecule has 36 heavy (non-hydrogen) atoms. The van der Waals surface area contributed by atoms with Gasteiger partial charge in [-0.3, -0.25) is 0 Å². The third-order valence-electron chi connectivity index (χ3n) is 8.63. The summed E-state index contributed by atoms with van der Waals surface area (Å²) < 4.78 is 6.91. The SMILES string of the molecule is Cc1cc(C2CCc3ccccc32)c2c(c1)C1(c3ccccc3O2)c2ccccc2-c2ccccc21. The number of benzene rings is 5. The van der Waals surface area contributed by atoms with Crippen molar-refractivity contribution in [3.63, 3.8) is 0 Å². The van der Waals surface area contributed by atoms with Gasteiger partial charge in [0.25, 0.3) is 0 Å². The first-order chi connectivity index (χ1) is 17.8. The van der Waals surface area contributed by atoms with Crippen molar-refractivity contribution in [3.8, 4) is 22.6 Å². The van der Waals surface area contributed by atoms with Crippen LogP contribution in [0, 0.1) is 6.92 Å². The minimum atomic E-state index is -0.393. The van der Waals surface area contributed by atoms with Gasteiger partial charge >= 0.3 is 0 Å². The highest BCUT2D eigenvalue weighted by Gasteiger charge is 2.51. The fourth-order valence-electron chi connectivity index (χ4n) is 7.27. The molecule has 3 aliphatic rings. The fourth-order valence-corrected chi connectivity index (χ4v) is 7.27. The zero-order chi connectivity index (χ0) is 23.9. The van der Waals surface area contributed by atoms with Gasteiger partial charge < -0.3 is 4.74 Å². The summed E-state index contributed by atoms with van der Waals surface area (Å²) in [6.45, 7) is 2.24. The summed E-state index contributed by atoms with van der Waals surface area (Å²) in [7, 11) is 0. The topological polar surface area (TPSA) is 9.23 Å². The molecule has 8 rings (SSSR count). The van der Waals surface area contributed by atoms with Crippen molar-refractivity contribution in [2.75, 3.05) is 0 Å². The average Bonchev–Trinajstić information content (AvgIpc) is 3.48. The van der Waals surface area contributed by atoms with Crippen LogP contribution in [0.3, 0.4) is 0 Å². The third kappa shape index (κ3) is 2.45. The van der Waals surface area contributed by atoms with Gasteiger partial charge in [0.2, 0.25) is 0 Å². The highest BCUT2D eigenvalue weighted by Crippen LogP contribution is 2.63. The Morgan fingerprint density at radius 1 is 0.639 bits per heavy atom. The molecular weight excluding hydrogens is 436 g/mol. The van der Waals surface area contributed by atoms with Gasteiger partial charge in [-0.1, -0.05) is 109 Å². The quantitative estimate of drug-likeness (QED) is 0.237. The van der Waals surface area contributed by atoms with E-state index in [1.54, 1.807) is 0 Å². The predicted octanol–water partition coefficient (Wildman–Crippen LogP) is 8.54. The molecule has 172 valence electrons. The molecule has 1 heterocycles. The predicted molar refractivity (Wildman–Crippen MR) is 145 cm³/mol. The van der Waals surface area contributed by atoms with Crippen LogP contribution in [0.2, 0.25) is 0 Å². The van der Waals surface area contributed by atoms with Gasteiger partial charge in [-0.15, -0.1) is 0 Å². The summed E-state index contributed by atoms with van der Waals surface area (Å²) in [5.74, 6) is 2.37. The number of hydrogen-bond donors (Lipinski definition) is 0. The van der Waals surface area contributed by atoms with E-state index in [-0.39, 0.29) is 0 Å². The molecule has 0 bridgehead atoms. The van der Waals surface area contributed by atoms with Crippen LogP contribution in [0.4, 0.5) is 0 Å². The lowest BCUT2D eigenvalue weighted by Crippen LogP contribution is -2.32. The van der Waals surface area contributed by atoms with E-state index in [9.17, 15) is 0 Å². The molecule has 5 aromatic rings. The summed E-state index contributed by atoms with van der Waals surface area (Å²) in [5, 5.41) is 0. The summed E-state index contributed by atoms with van der Waals surface area (Å²) in [5.41, 5.74) is 13.0. The Hall–Kier alpha value is -4.10. The third-order valence-corrected chi connectivity index (χ3v) is 8.63. The maximum Gasteiger partial charge on any atom is 0.136 e. The van der Waals surface area contributed by atoms with E-state index < -0.39 is 5.41 Å². The van der Waals surface area contributed by atoms with Crippen LogP contribution < -0.4 is 4.74 Å². The molecule has 0 amide bonds. The number of hydrogen-bond acceptors (Lipinski definition) is 1. The second kappa shape index (κ2) is 7.21. The van der Waals surface area contributed by atoms with E-state index in [0.717, 1.165) is 24.3 Å². The van der Waals surface area contributed by atoms with Gasteiger partial charge in [0, 0.05) is 22.6 Å². The highest BCUT2D eigenvalue weighted by atomic mass is 16.5. The van der Waals surface area contributed by atoms with Gasteiger partial charge in [-0.2, -0.15) is 0 Å². The molecule has 0 N–H and O–H groups in total. The molecule has 0 fully saturated rings. The van der Waals surface area contributed by atoms with Crippen LogP contribution >= 0.6 is 0 Å². The molecule has 0 aromatic heterocycles. The molecule has 1 spiro atoms. The molecule has 1 aliphatic heterocycles. The van der Waals surface area contributed by atoms with Gasteiger partial charge in [0.15, 0.2) is 0 Å². The molecule has 2 aliphatic carbocycles. The second-order valence-electron chi connectivity index (χ2n) is 10.5. The fraction of sp³-hybridized carbons (Fsp3) is 0.143. The van der Waals surface area contributed by atoms with Gasteiger partial charge in [-0.05, 0) is 59.2 Å². The van der Waals surface area contributed by atoms with Gasteiger partial charge in [-0.25, -0.2) is 0 Å². The molecule has 0 saturated carbocycles. The first-order valence-electron chi connectivity index (χ1n) is 13.0. The van der Waals surface area contributed by atoms with Crippen molar-refractivity contribution in [2.24, 2.45) is 0 Å². The van der Waals surface area contributed by atoms with E-state index >= 15 is 0 Å². The molecule has 5 aromatic carbocycles. The Kier molecular flexibility index (Phi) is 4.03. The number of ether oxygens (including phenoxy) is 1. The minimum absolute atomic E-state index is 0.351. The highest BCUT2D eigenvalue weighted by molar-refractivity contribution is 5.88. The zero-order valence-corrected chi connectivity index (χ0v) is 20.3. The first-order valence-corrected chi connectivity index (χ1v) is 13.0. The van der Waals surface area contributed by atoms with Crippen molar-refractivity contribution in [2.45, 2.75) is 31.1 Å². The van der Waals surface area contributed by atoms with Crippen molar-refractivity contribution in [1.29, 1.82) is 0 Å². The van der Waals surface area contributed by atoms with Crippen LogP contribution in [0.25, 0.3) is 11.1 Å². The van der Waals surface area contributed by atoms with Gasteiger partial charge in [0.05, 0.1) is 5.41 Å². The zero-order valence-electron chi connectivity index (χ0n) is 20.3. The van der Waals surface area contributed by atoms with E-state index in [1.807, 2.05) is 0 Å². The maximum atomic E-state index is 6.91. The molecule has 1 nitrogen and oxygen atoms in total. The van der Waals surface area contributed by atoms with Gasteiger partial charge in [0.1, 0.15) is 11.5 Å². The standard InChI is InChI=1S/C35H26O/c1-22-20-28(25-19-18-23-10-2-3-11-24(23)25)34-32(21-22)35(31-16-8-9-17-33(31)36-34)29-14-6-4-12-26(29)27-13-5-7-15-30(27)35/h2-17,20-21,25H,18-19H2,1H3. The maximum absolute atomic E-state index is 6.91. The summed E-state index contributed by atoms with van der Waals surface area (Å²) in [4.78, 5) is 0. The Morgan fingerprint density at radius 3 is 2.06 bits per heavy atom. The van der Waals surface area contributed by atoms with Crippen LogP contribution in [-0.4, -0.2) is 0 Å². The van der Waals surface area contributed by atoms with Crippen molar-refractivity contribution < 1.29 is 4.74 Å². The number of rotatable bonds is 1. The molecule has 0 radical (unpaired) electrons. The summed E-state index contributed by atoms with van der Waals surface area (Å²) in [6.07, 6.45) is 2.25. The monoisotopic (exact) mass is 462 g/mol.